The van der Waals surface area contributed by atoms with Gasteiger partial charge in [-0.3, -0.25) is 0 Å². The van der Waals surface area contributed by atoms with E-state index in [9.17, 15) is 9.90 Å². The highest BCUT2D eigenvalue weighted by Crippen LogP contribution is 2.34. The fraction of sp³-hybridized carbons (Fsp3) is 0.185. The zero-order valence-electron chi connectivity index (χ0n) is 17.7. The first-order chi connectivity index (χ1) is 15.7. The quantitative estimate of drug-likeness (QED) is 0.397. The number of carboxylic acid groups (broad SMARTS) is 1. The molecule has 5 heteroatoms. The first-order valence-corrected chi connectivity index (χ1v) is 10.9. The van der Waals surface area contributed by atoms with E-state index >= 15 is 0 Å². The molecule has 0 amide bonds. The average Bonchev–Trinajstić information content (AvgIpc) is 3.23. The fourth-order valence-electron chi connectivity index (χ4n) is 4.19. The van der Waals surface area contributed by atoms with E-state index < -0.39 is 5.97 Å². The van der Waals surface area contributed by atoms with Crippen LogP contribution in [-0.4, -0.2) is 20.9 Å². The molecule has 32 heavy (non-hydrogen) atoms. The van der Waals surface area contributed by atoms with Gasteiger partial charge in [0.15, 0.2) is 0 Å². The molecule has 0 radical (unpaired) electrons. The van der Waals surface area contributed by atoms with Crippen molar-refractivity contribution in [2.24, 2.45) is 0 Å². The number of hydrogen-bond acceptors (Lipinski definition) is 3. The maximum Gasteiger partial charge on any atom is 0.335 e. The molecule has 5 rings (SSSR count). The van der Waals surface area contributed by atoms with Crippen molar-refractivity contribution in [2.75, 3.05) is 0 Å². The molecule has 1 aliphatic rings. The van der Waals surface area contributed by atoms with Crippen LogP contribution >= 0.6 is 0 Å². The van der Waals surface area contributed by atoms with Gasteiger partial charge in [-0.25, -0.2) is 9.48 Å². The maximum atomic E-state index is 11.4. The number of nitrogens with zero attached hydrogens (tertiary/aromatic N) is 2. The Labute approximate surface area is 186 Å². The van der Waals surface area contributed by atoms with Gasteiger partial charge in [0.25, 0.3) is 0 Å². The Morgan fingerprint density at radius 1 is 1.00 bits per heavy atom. The van der Waals surface area contributed by atoms with Crippen molar-refractivity contribution in [2.45, 2.75) is 32.3 Å². The van der Waals surface area contributed by atoms with Gasteiger partial charge in [-0.15, -0.1) is 0 Å². The number of allylic oxidation sites excluding steroid dienone is 2. The predicted octanol–water partition coefficient (Wildman–Crippen LogP) is 6.26. The SMILES string of the molecule is O=C(O)c1ccc2c(C3=CCCCC3)n(-c3ccc(OCc4ccccc4)cc3)nc2c1. The van der Waals surface area contributed by atoms with Crippen LogP contribution in [0.1, 0.15) is 47.3 Å². The summed E-state index contributed by atoms with van der Waals surface area (Å²) in [5.74, 6) is -0.152. The third kappa shape index (κ3) is 4.02. The number of aromatic nitrogens is 2. The molecule has 0 unspecified atom stereocenters. The minimum Gasteiger partial charge on any atom is -0.489 e. The van der Waals surface area contributed by atoms with Crippen molar-refractivity contribution >= 4 is 22.4 Å². The van der Waals surface area contributed by atoms with E-state index in [2.05, 4.69) is 6.08 Å². The van der Waals surface area contributed by atoms with Crippen molar-refractivity contribution in [1.82, 2.24) is 9.78 Å². The van der Waals surface area contributed by atoms with E-state index in [1.54, 1.807) is 12.1 Å². The van der Waals surface area contributed by atoms with Crippen molar-refractivity contribution < 1.29 is 14.6 Å². The summed E-state index contributed by atoms with van der Waals surface area (Å²) in [6.07, 6.45) is 6.70. The molecule has 5 nitrogen and oxygen atoms in total. The summed E-state index contributed by atoms with van der Waals surface area (Å²) in [4.78, 5) is 11.4. The fourth-order valence-corrected chi connectivity index (χ4v) is 4.19. The summed E-state index contributed by atoms with van der Waals surface area (Å²) < 4.78 is 7.86. The van der Waals surface area contributed by atoms with Crippen LogP contribution in [-0.2, 0) is 6.61 Å². The van der Waals surface area contributed by atoms with Gasteiger partial charge < -0.3 is 9.84 Å². The van der Waals surface area contributed by atoms with Crippen molar-refractivity contribution in [3.8, 4) is 11.4 Å². The molecule has 1 N–H and O–H groups in total. The van der Waals surface area contributed by atoms with E-state index in [0.29, 0.717) is 12.1 Å². The molecule has 1 aliphatic carbocycles. The number of benzene rings is 3. The molecular weight excluding hydrogens is 400 g/mol. The number of rotatable bonds is 6. The second kappa shape index (κ2) is 8.71. The summed E-state index contributed by atoms with van der Waals surface area (Å²) in [5.41, 5.74) is 5.30. The largest absolute Gasteiger partial charge is 0.489 e. The molecule has 3 aromatic carbocycles. The first kappa shape index (κ1) is 20.1. The molecule has 0 saturated heterocycles. The second-order valence-corrected chi connectivity index (χ2v) is 8.04. The number of carboxylic acids is 1. The predicted molar refractivity (Wildman–Crippen MR) is 125 cm³/mol. The Morgan fingerprint density at radius 3 is 2.53 bits per heavy atom. The number of aromatic carboxylic acids is 1. The molecule has 1 aromatic heterocycles. The van der Waals surface area contributed by atoms with Gasteiger partial charge in [0.1, 0.15) is 12.4 Å². The maximum absolute atomic E-state index is 11.4. The minimum absolute atomic E-state index is 0.246. The first-order valence-electron chi connectivity index (χ1n) is 10.9. The van der Waals surface area contributed by atoms with Crippen LogP contribution in [0.3, 0.4) is 0 Å². The van der Waals surface area contributed by atoms with Gasteiger partial charge >= 0.3 is 5.97 Å². The van der Waals surface area contributed by atoms with Crippen LogP contribution in [0.25, 0.3) is 22.2 Å². The summed E-state index contributed by atoms with van der Waals surface area (Å²) >= 11 is 0. The lowest BCUT2D eigenvalue weighted by Crippen LogP contribution is -2.04. The highest BCUT2D eigenvalue weighted by molar-refractivity contribution is 5.97. The monoisotopic (exact) mass is 424 g/mol. The highest BCUT2D eigenvalue weighted by atomic mass is 16.5. The zero-order valence-corrected chi connectivity index (χ0v) is 17.7. The zero-order chi connectivity index (χ0) is 21.9. The lowest BCUT2D eigenvalue weighted by atomic mass is 9.95. The van der Waals surface area contributed by atoms with Crippen LogP contribution in [0.15, 0.2) is 78.9 Å². The smallest absolute Gasteiger partial charge is 0.335 e. The Kier molecular flexibility index (Phi) is 5.46. The van der Waals surface area contributed by atoms with Crippen LogP contribution in [0, 0.1) is 0 Å². The number of hydrogen-bond donors (Lipinski definition) is 1. The van der Waals surface area contributed by atoms with Crippen LogP contribution in [0.2, 0.25) is 0 Å². The van der Waals surface area contributed by atoms with Crippen LogP contribution in [0.4, 0.5) is 0 Å². The van der Waals surface area contributed by atoms with E-state index in [0.717, 1.165) is 47.3 Å². The van der Waals surface area contributed by atoms with E-state index in [-0.39, 0.29) is 5.56 Å². The standard InChI is InChI=1S/C27H24N2O3/c30-27(31)21-11-16-24-25(17-21)28-29(26(24)20-9-5-2-6-10-20)22-12-14-23(15-13-22)32-18-19-7-3-1-4-8-19/h1,3-4,7-9,11-17H,2,5-6,10,18H2,(H,30,31). The second-order valence-electron chi connectivity index (χ2n) is 8.04. The number of ether oxygens (including phenoxy) is 1. The van der Waals surface area contributed by atoms with Crippen LogP contribution in [0.5, 0.6) is 5.75 Å². The Balaban J connectivity index is 1.50. The van der Waals surface area contributed by atoms with Gasteiger partial charge in [-0.2, -0.15) is 5.10 Å². The number of carbonyl (C=O) groups is 1. The third-order valence-electron chi connectivity index (χ3n) is 5.84. The highest BCUT2D eigenvalue weighted by Gasteiger charge is 2.19. The molecule has 0 atom stereocenters. The topological polar surface area (TPSA) is 64.3 Å². The van der Waals surface area contributed by atoms with E-state index in [1.807, 2.05) is 65.3 Å². The molecule has 0 fully saturated rings. The minimum atomic E-state index is -0.945. The van der Waals surface area contributed by atoms with E-state index in [1.165, 1.54) is 12.0 Å². The average molecular weight is 425 g/mol. The van der Waals surface area contributed by atoms with Gasteiger partial charge in [-0.1, -0.05) is 36.4 Å². The molecule has 0 saturated carbocycles. The Hall–Kier alpha value is -3.86. The lowest BCUT2D eigenvalue weighted by Gasteiger charge is -2.15. The molecule has 0 spiro atoms. The van der Waals surface area contributed by atoms with Crippen molar-refractivity contribution in [1.29, 1.82) is 0 Å². The molecule has 160 valence electrons. The van der Waals surface area contributed by atoms with Crippen molar-refractivity contribution in [3.05, 3.63) is 95.7 Å². The summed E-state index contributed by atoms with van der Waals surface area (Å²) in [7, 11) is 0. The van der Waals surface area contributed by atoms with Crippen LogP contribution < -0.4 is 4.74 Å². The number of fused-ring (bicyclic) bond motifs is 1. The lowest BCUT2D eigenvalue weighted by molar-refractivity contribution is 0.0697. The Bertz CT molecular complexity index is 1290. The van der Waals surface area contributed by atoms with Gasteiger partial charge in [0.05, 0.1) is 22.5 Å². The molecule has 4 aromatic rings. The summed E-state index contributed by atoms with van der Waals surface area (Å²) in [6, 6.07) is 23.2. The normalized spacial score (nSPS) is 13.7. The molecular formula is C27H24N2O3. The molecule has 1 heterocycles. The van der Waals surface area contributed by atoms with E-state index in [4.69, 9.17) is 9.84 Å². The van der Waals surface area contributed by atoms with Gasteiger partial charge in [0.2, 0.25) is 0 Å². The van der Waals surface area contributed by atoms with Crippen molar-refractivity contribution in [3.63, 3.8) is 0 Å². The van der Waals surface area contributed by atoms with Gasteiger partial charge in [0, 0.05) is 5.39 Å². The molecule has 0 aliphatic heterocycles. The third-order valence-corrected chi connectivity index (χ3v) is 5.84. The summed E-state index contributed by atoms with van der Waals surface area (Å²) in [6.45, 7) is 0.516. The Morgan fingerprint density at radius 2 is 1.81 bits per heavy atom. The van der Waals surface area contributed by atoms with Gasteiger partial charge in [-0.05, 0) is 79.3 Å². The summed E-state index contributed by atoms with van der Waals surface area (Å²) in [5, 5.41) is 15.2. The molecule has 0 bridgehead atoms.